The fourth-order valence-corrected chi connectivity index (χ4v) is 4.33. The zero-order valence-electron chi connectivity index (χ0n) is 19.5. The van der Waals surface area contributed by atoms with Gasteiger partial charge in [-0.1, -0.05) is 48.5 Å². The van der Waals surface area contributed by atoms with Crippen LogP contribution in [0.2, 0.25) is 0 Å². The Morgan fingerprint density at radius 1 is 1.00 bits per heavy atom. The number of amides is 2. The first-order valence-corrected chi connectivity index (χ1v) is 11.6. The SMILES string of the molecule is CC(CCCC(=O)O)NC(=O)c1ccc(CNC(=O)OCC2c3ccccc3-c3ccccc32)o1. The molecule has 0 fully saturated rings. The predicted octanol–water partition coefficient (Wildman–Crippen LogP) is 4.69. The van der Waals surface area contributed by atoms with Gasteiger partial charge in [0.05, 0.1) is 6.54 Å². The summed E-state index contributed by atoms with van der Waals surface area (Å²) >= 11 is 0. The molecule has 8 heteroatoms. The van der Waals surface area contributed by atoms with E-state index in [0.717, 1.165) is 22.3 Å². The molecule has 0 bridgehead atoms. The average Bonchev–Trinajstić information content (AvgIpc) is 3.44. The van der Waals surface area contributed by atoms with Crippen molar-refractivity contribution in [2.75, 3.05) is 6.61 Å². The fraction of sp³-hybridized carbons (Fsp3) is 0.296. The molecular formula is C27H28N2O6. The molecular weight excluding hydrogens is 448 g/mol. The molecule has 8 nitrogen and oxygen atoms in total. The lowest BCUT2D eigenvalue weighted by Crippen LogP contribution is -2.32. The minimum absolute atomic E-state index is 0.0236. The first-order valence-electron chi connectivity index (χ1n) is 11.6. The summed E-state index contributed by atoms with van der Waals surface area (Å²) in [4.78, 5) is 35.3. The molecule has 2 amide bonds. The number of carbonyl (C=O) groups excluding carboxylic acids is 2. The number of fused-ring (bicyclic) bond motifs is 3. The summed E-state index contributed by atoms with van der Waals surface area (Å²) in [6.45, 7) is 2.10. The maximum Gasteiger partial charge on any atom is 0.407 e. The Morgan fingerprint density at radius 3 is 2.31 bits per heavy atom. The van der Waals surface area contributed by atoms with Crippen LogP contribution in [0.5, 0.6) is 0 Å². The third-order valence-corrected chi connectivity index (χ3v) is 6.04. The number of hydrogen-bond acceptors (Lipinski definition) is 5. The number of alkyl carbamates (subject to hydrolysis) is 1. The van der Waals surface area contributed by atoms with Gasteiger partial charge in [-0.25, -0.2) is 4.79 Å². The lowest BCUT2D eigenvalue weighted by atomic mass is 9.98. The number of carboxylic acid groups (broad SMARTS) is 1. The highest BCUT2D eigenvalue weighted by molar-refractivity contribution is 5.91. The van der Waals surface area contributed by atoms with Gasteiger partial charge in [-0.3, -0.25) is 9.59 Å². The number of carbonyl (C=O) groups is 3. The Morgan fingerprint density at radius 2 is 1.66 bits per heavy atom. The third-order valence-electron chi connectivity index (χ3n) is 6.04. The van der Waals surface area contributed by atoms with Gasteiger partial charge in [0.15, 0.2) is 5.76 Å². The number of aliphatic carboxylic acids is 1. The second kappa shape index (κ2) is 10.9. The lowest BCUT2D eigenvalue weighted by molar-refractivity contribution is -0.137. The maximum atomic E-state index is 12.3. The van der Waals surface area contributed by atoms with Gasteiger partial charge in [-0.15, -0.1) is 0 Å². The van der Waals surface area contributed by atoms with E-state index in [1.165, 1.54) is 6.07 Å². The smallest absolute Gasteiger partial charge is 0.407 e. The van der Waals surface area contributed by atoms with Crippen LogP contribution in [0.25, 0.3) is 11.1 Å². The average molecular weight is 477 g/mol. The van der Waals surface area contributed by atoms with E-state index in [9.17, 15) is 14.4 Å². The molecule has 1 aliphatic rings. The highest BCUT2D eigenvalue weighted by Gasteiger charge is 2.29. The first-order chi connectivity index (χ1) is 16.9. The van der Waals surface area contributed by atoms with Crippen LogP contribution in [-0.2, 0) is 16.1 Å². The highest BCUT2D eigenvalue weighted by Crippen LogP contribution is 2.44. The van der Waals surface area contributed by atoms with E-state index < -0.39 is 12.1 Å². The van der Waals surface area contributed by atoms with E-state index >= 15 is 0 Å². The van der Waals surface area contributed by atoms with Crippen LogP contribution in [0.1, 0.15) is 59.5 Å². The van der Waals surface area contributed by atoms with Crippen LogP contribution in [0.3, 0.4) is 0 Å². The van der Waals surface area contributed by atoms with Crippen molar-refractivity contribution in [1.82, 2.24) is 10.6 Å². The molecule has 0 saturated heterocycles. The normalized spacial score (nSPS) is 12.9. The second-order valence-corrected chi connectivity index (χ2v) is 8.61. The summed E-state index contributed by atoms with van der Waals surface area (Å²) < 4.78 is 11.0. The van der Waals surface area contributed by atoms with E-state index in [-0.39, 0.29) is 43.2 Å². The minimum Gasteiger partial charge on any atom is -0.481 e. The Labute approximate surface area is 203 Å². The van der Waals surface area contributed by atoms with E-state index in [1.807, 2.05) is 31.2 Å². The molecule has 1 heterocycles. The van der Waals surface area contributed by atoms with Crippen LogP contribution in [0.15, 0.2) is 65.1 Å². The number of benzene rings is 2. The van der Waals surface area contributed by atoms with Crippen LogP contribution in [-0.4, -0.2) is 35.7 Å². The Kier molecular flexibility index (Phi) is 7.50. The summed E-state index contributed by atoms with van der Waals surface area (Å²) in [7, 11) is 0. The van der Waals surface area contributed by atoms with Crippen molar-refractivity contribution < 1.29 is 28.6 Å². The standard InChI is InChI=1S/C27H28N2O6/c1-17(7-6-12-25(30)31)29-26(32)24-14-13-18(35-24)15-28-27(33)34-16-23-21-10-4-2-8-19(21)20-9-3-5-11-22(20)23/h2-5,8-11,13-14,17,23H,6-7,12,15-16H2,1H3,(H,28,33)(H,29,32)(H,30,31). The van der Waals surface area contributed by atoms with E-state index in [2.05, 4.69) is 34.9 Å². The molecule has 1 aliphatic carbocycles. The molecule has 0 aliphatic heterocycles. The quantitative estimate of drug-likeness (QED) is 0.391. The van der Waals surface area contributed by atoms with Crippen LogP contribution < -0.4 is 10.6 Å². The fourth-order valence-electron chi connectivity index (χ4n) is 4.33. The van der Waals surface area contributed by atoms with E-state index in [1.54, 1.807) is 6.07 Å². The molecule has 0 saturated carbocycles. The molecule has 0 radical (unpaired) electrons. The molecule has 1 atom stereocenters. The molecule has 0 spiro atoms. The predicted molar refractivity (Wildman–Crippen MR) is 129 cm³/mol. The Hall–Kier alpha value is -4.07. The Bertz CT molecular complexity index is 1170. The first kappa shape index (κ1) is 24.1. The van der Waals surface area contributed by atoms with Crippen molar-refractivity contribution in [2.45, 2.75) is 44.7 Å². The molecule has 3 aromatic rings. The lowest BCUT2D eigenvalue weighted by Gasteiger charge is -2.14. The van der Waals surface area contributed by atoms with Gasteiger partial charge in [0.2, 0.25) is 0 Å². The third kappa shape index (κ3) is 5.90. The van der Waals surface area contributed by atoms with Crippen molar-refractivity contribution in [2.24, 2.45) is 0 Å². The number of furan rings is 1. The summed E-state index contributed by atoms with van der Waals surface area (Å²) in [5.41, 5.74) is 4.60. The molecule has 1 unspecified atom stereocenters. The molecule has 3 N–H and O–H groups in total. The van der Waals surface area contributed by atoms with Crippen molar-refractivity contribution in [3.05, 3.63) is 83.3 Å². The number of carboxylic acids is 1. The largest absolute Gasteiger partial charge is 0.481 e. The summed E-state index contributed by atoms with van der Waals surface area (Å²) in [5, 5.41) is 14.1. The van der Waals surface area contributed by atoms with Gasteiger partial charge >= 0.3 is 12.1 Å². The Balaban J connectivity index is 1.25. The van der Waals surface area contributed by atoms with E-state index in [4.69, 9.17) is 14.3 Å². The monoisotopic (exact) mass is 476 g/mol. The number of nitrogens with one attached hydrogen (secondary N) is 2. The maximum absolute atomic E-state index is 12.3. The zero-order chi connectivity index (χ0) is 24.8. The van der Waals surface area contributed by atoms with Crippen LogP contribution in [0.4, 0.5) is 4.79 Å². The van der Waals surface area contributed by atoms with Gasteiger partial charge in [0.1, 0.15) is 12.4 Å². The molecule has 4 rings (SSSR count). The van der Waals surface area contributed by atoms with Crippen LogP contribution >= 0.6 is 0 Å². The van der Waals surface area contributed by atoms with Gasteiger partial charge in [0, 0.05) is 18.4 Å². The highest BCUT2D eigenvalue weighted by atomic mass is 16.5. The number of rotatable bonds is 10. The summed E-state index contributed by atoms with van der Waals surface area (Å²) in [6.07, 6.45) is 0.521. The summed E-state index contributed by atoms with van der Waals surface area (Å²) in [5.74, 6) is -0.727. The van der Waals surface area contributed by atoms with Gasteiger partial charge in [0.25, 0.3) is 5.91 Å². The molecule has 1 aromatic heterocycles. The van der Waals surface area contributed by atoms with Crippen molar-refractivity contribution in [1.29, 1.82) is 0 Å². The molecule has 182 valence electrons. The van der Waals surface area contributed by atoms with Gasteiger partial charge < -0.3 is 24.9 Å². The summed E-state index contributed by atoms with van der Waals surface area (Å²) in [6, 6.07) is 19.2. The molecule has 2 aromatic carbocycles. The molecule has 35 heavy (non-hydrogen) atoms. The van der Waals surface area contributed by atoms with Crippen molar-refractivity contribution in [3.63, 3.8) is 0 Å². The number of hydrogen-bond donors (Lipinski definition) is 3. The minimum atomic E-state index is -0.858. The van der Waals surface area contributed by atoms with Crippen molar-refractivity contribution in [3.8, 4) is 11.1 Å². The number of ether oxygens (including phenoxy) is 1. The van der Waals surface area contributed by atoms with Crippen LogP contribution in [0, 0.1) is 0 Å². The van der Waals surface area contributed by atoms with E-state index in [0.29, 0.717) is 18.6 Å². The van der Waals surface area contributed by atoms with Gasteiger partial charge in [-0.2, -0.15) is 0 Å². The second-order valence-electron chi connectivity index (χ2n) is 8.61. The van der Waals surface area contributed by atoms with Crippen molar-refractivity contribution >= 4 is 18.0 Å². The topological polar surface area (TPSA) is 118 Å². The van der Waals surface area contributed by atoms with Gasteiger partial charge in [-0.05, 0) is 54.2 Å². The zero-order valence-corrected chi connectivity index (χ0v) is 19.5.